The van der Waals surface area contributed by atoms with Crippen molar-refractivity contribution < 1.29 is 4.79 Å². The Morgan fingerprint density at radius 2 is 1.76 bits per heavy atom. The smallest absolute Gasteiger partial charge is 0.237 e. The predicted molar refractivity (Wildman–Crippen MR) is 90.5 cm³/mol. The van der Waals surface area contributed by atoms with E-state index in [2.05, 4.69) is 23.5 Å². The number of hydrogen-bond donors (Lipinski definition) is 2. The third-order valence-electron chi connectivity index (χ3n) is 3.55. The molecule has 2 aromatic rings. The van der Waals surface area contributed by atoms with Crippen LogP contribution < -0.4 is 11.1 Å². The lowest BCUT2D eigenvalue weighted by Gasteiger charge is -2.25. The van der Waals surface area contributed by atoms with Crippen molar-refractivity contribution in [3.8, 4) is 0 Å². The van der Waals surface area contributed by atoms with Crippen LogP contribution in [0.25, 0.3) is 10.8 Å². The molecule has 0 saturated carbocycles. The number of hydrogen-bond acceptors (Lipinski definition) is 2. The van der Waals surface area contributed by atoms with Crippen LogP contribution in [0.2, 0.25) is 0 Å². The maximum Gasteiger partial charge on any atom is 0.237 e. The summed E-state index contributed by atoms with van der Waals surface area (Å²) in [4.78, 5) is 12.1. The summed E-state index contributed by atoms with van der Waals surface area (Å²) in [6.07, 6.45) is 0. The third kappa shape index (κ3) is 4.19. The molecule has 0 aliphatic heterocycles. The maximum absolute atomic E-state index is 12.1. The van der Waals surface area contributed by atoms with Gasteiger partial charge >= 0.3 is 0 Å². The van der Waals surface area contributed by atoms with Crippen LogP contribution in [0.1, 0.15) is 26.3 Å². The van der Waals surface area contributed by atoms with E-state index >= 15 is 0 Å². The van der Waals surface area contributed by atoms with Gasteiger partial charge in [0.2, 0.25) is 5.91 Å². The van der Waals surface area contributed by atoms with Crippen LogP contribution in [0.3, 0.4) is 0 Å². The molecule has 0 radical (unpaired) electrons. The molecule has 2 aromatic carbocycles. The van der Waals surface area contributed by atoms with E-state index in [1.165, 1.54) is 10.8 Å². The molecule has 3 N–H and O–H groups in total. The van der Waals surface area contributed by atoms with Crippen molar-refractivity contribution in [1.82, 2.24) is 5.32 Å². The zero-order chi connectivity index (χ0) is 14.8. The molecule has 21 heavy (non-hydrogen) atoms. The van der Waals surface area contributed by atoms with Gasteiger partial charge in [-0.1, -0.05) is 63.2 Å². The number of carbonyl (C=O) groups is 1. The lowest BCUT2D eigenvalue weighted by Crippen LogP contribution is -2.48. The van der Waals surface area contributed by atoms with Crippen molar-refractivity contribution in [3.05, 3.63) is 48.0 Å². The number of fused-ring (bicyclic) bond motifs is 1. The Hall–Kier alpha value is -1.58. The van der Waals surface area contributed by atoms with Gasteiger partial charge in [0, 0.05) is 6.54 Å². The first kappa shape index (κ1) is 17.5. The number of carbonyl (C=O) groups excluding carboxylic acids is 1. The zero-order valence-electron chi connectivity index (χ0n) is 12.7. The maximum atomic E-state index is 12.1. The quantitative estimate of drug-likeness (QED) is 0.914. The van der Waals surface area contributed by atoms with Crippen LogP contribution in [0.15, 0.2) is 42.5 Å². The summed E-state index contributed by atoms with van der Waals surface area (Å²) >= 11 is 0. The number of benzene rings is 2. The molecule has 0 aliphatic carbocycles. The van der Waals surface area contributed by atoms with Crippen molar-refractivity contribution in [2.45, 2.75) is 33.4 Å². The molecule has 1 atom stereocenters. The summed E-state index contributed by atoms with van der Waals surface area (Å²) < 4.78 is 0. The monoisotopic (exact) mass is 306 g/mol. The highest BCUT2D eigenvalue weighted by molar-refractivity contribution is 5.87. The van der Waals surface area contributed by atoms with Crippen molar-refractivity contribution in [2.24, 2.45) is 11.1 Å². The van der Waals surface area contributed by atoms with Crippen molar-refractivity contribution in [3.63, 3.8) is 0 Å². The second-order valence-electron chi connectivity index (χ2n) is 6.20. The van der Waals surface area contributed by atoms with Gasteiger partial charge in [-0.15, -0.1) is 12.4 Å². The molecule has 0 unspecified atom stereocenters. The van der Waals surface area contributed by atoms with Gasteiger partial charge in [0.25, 0.3) is 0 Å². The van der Waals surface area contributed by atoms with Gasteiger partial charge < -0.3 is 11.1 Å². The highest BCUT2D eigenvalue weighted by Crippen LogP contribution is 2.19. The summed E-state index contributed by atoms with van der Waals surface area (Å²) in [5, 5.41) is 5.28. The predicted octanol–water partition coefficient (Wildman–Crippen LogP) is 3.25. The van der Waals surface area contributed by atoms with E-state index in [1.54, 1.807) is 0 Å². The molecule has 3 nitrogen and oxygen atoms in total. The zero-order valence-corrected chi connectivity index (χ0v) is 13.5. The molecule has 114 valence electrons. The molecule has 0 spiro atoms. The van der Waals surface area contributed by atoms with Crippen molar-refractivity contribution in [2.75, 3.05) is 0 Å². The fourth-order valence-corrected chi connectivity index (χ4v) is 2.13. The Morgan fingerprint density at radius 3 is 2.43 bits per heavy atom. The topological polar surface area (TPSA) is 55.1 Å². The van der Waals surface area contributed by atoms with E-state index in [0.717, 1.165) is 5.56 Å². The van der Waals surface area contributed by atoms with Crippen molar-refractivity contribution in [1.29, 1.82) is 0 Å². The second kappa shape index (κ2) is 6.92. The standard InChI is InChI=1S/C17H22N2O.ClH/c1-17(2,3)15(18)16(20)19-11-13-9-6-8-12-7-4-5-10-14(12)13;/h4-10,15H,11,18H2,1-3H3,(H,19,20);1H/t15-;/m1./s1. The first-order valence-corrected chi connectivity index (χ1v) is 6.89. The summed E-state index contributed by atoms with van der Waals surface area (Å²) in [5.74, 6) is -0.106. The Morgan fingerprint density at radius 1 is 1.14 bits per heavy atom. The molecule has 0 fully saturated rings. The van der Waals surface area contributed by atoms with Gasteiger partial charge in [-0.2, -0.15) is 0 Å². The van der Waals surface area contributed by atoms with Gasteiger partial charge in [0.15, 0.2) is 0 Å². The largest absolute Gasteiger partial charge is 0.351 e. The number of nitrogens with two attached hydrogens (primary N) is 1. The molecule has 0 heterocycles. The normalized spacial score (nSPS) is 12.6. The van der Waals surface area contributed by atoms with E-state index in [4.69, 9.17) is 5.73 Å². The highest BCUT2D eigenvalue weighted by Gasteiger charge is 2.27. The van der Waals surface area contributed by atoms with Crippen LogP contribution in [-0.2, 0) is 11.3 Å². The van der Waals surface area contributed by atoms with E-state index in [1.807, 2.05) is 45.0 Å². The first-order valence-electron chi connectivity index (χ1n) is 6.89. The molecule has 0 aromatic heterocycles. The van der Waals surface area contributed by atoms with E-state index in [-0.39, 0.29) is 23.7 Å². The molecule has 2 rings (SSSR count). The van der Waals surface area contributed by atoms with Crippen LogP contribution in [0.4, 0.5) is 0 Å². The minimum Gasteiger partial charge on any atom is -0.351 e. The molecule has 4 heteroatoms. The lowest BCUT2D eigenvalue weighted by molar-refractivity contribution is -0.124. The van der Waals surface area contributed by atoms with Crippen LogP contribution >= 0.6 is 12.4 Å². The lowest BCUT2D eigenvalue weighted by atomic mass is 9.87. The minimum absolute atomic E-state index is 0. The average Bonchev–Trinajstić information content (AvgIpc) is 2.42. The Kier molecular flexibility index (Phi) is 5.76. The summed E-state index contributed by atoms with van der Waals surface area (Å²) in [5.41, 5.74) is 6.83. The van der Waals surface area contributed by atoms with Crippen LogP contribution in [-0.4, -0.2) is 11.9 Å². The number of nitrogens with one attached hydrogen (secondary N) is 1. The van der Waals surface area contributed by atoms with Gasteiger partial charge in [-0.05, 0) is 21.8 Å². The molecule has 0 bridgehead atoms. The fourth-order valence-electron chi connectivity index (χ4n) is 2.13. The van der Waals surface area contributed by atoms with E-state index in [0.29, 0.717) is 6.54 Å². The van der Waals surface area contributed by atoms with E-state index < -0.39 is 6.04 Å². The van der Waals surface area contributed by atoms with Crippen LogP contribution in [0.5, 0.6) is 0 Å². The summed E-state index contributed by atoms with van der Waals surface area (Å²) in [6.45, 7) is 6.41. The van der Waals surface area contributed by atoms with Gasteiger partial charge in [0.1, 0.15) is 0 Å². The summed E-state index contributed by atoms with van der Waals surface area (Å²) in [6, 6.07) is 13.8. The summed E-state index contributed by atoms with van der Waals surface area (Å²) in [7, 11) is 0. The number of rotatable bonds is 3. The molecule has 0 aliphatic rings. The first-order chi connectivity index (χ1) is 9.39. The minimum atomic E-state index is -0.502. The Bertz CT molecular complexity index is 614. The number of halogens is 1. The Labute approximate surface area is 132 Å². The van der Waals surface area contributed by atoms with Gasteiger partial charge in [-0.25, -0.2) is 0 Å². The molecular weight excluding hydrogens is 284 g/mol. The van der Waals surface area contributed by atoms with Crippen molar-refractivity contribution >= 4 is 29.1 Å². The molecular formula is C17H23ClN2O. The number of amides is 1. The van der Waals surface area contributed by atoms with Gasteiger partial charge in [0.05, 0.1) is 6.04 Å². The van der Waals surface area contributed by atoms with Gasteiger partial charge in [-0.3, -0.25) is 4.79 Å². The average molecular weight is 307 g/mol. The van der Waals surface area contributed by atoms with Crippen LogP contribution in [0, 0.1) is 5.41 Å². The third-order valence-corrected chi connectivity index (χ3v) is 3.55. The SMILES string of the molecule is CC(C)(C)[C@H](N)C(=O)NCc1cccc2ccccc12.Cl. The molecule has 1 amide bonds. The second-order valence-corrected chi connectivity index (χ2v) is 6.20. The van der Waals surface area contributed by atoms with E-state index in [9.17, 15) is 4.79 Å². The molecule has 0 saturated heterocycles. The Balaban J connectivity index is 0.00000220. The highest BCUT2D eigenvalue weighted by atomic mass is 35.5. The fraction of sp³-hybridized carbons (Fsp3) is 0.353.